The number of carbonyl (C=O) groups is 2. The zero-order chi connectivity index (χ0) is 20.0. The standard InChI is InChI=1S/C18H18F3N3O3/c1-10-3-6-14(27-2)13(7-10)24-16(26)9-23-15(25)8-22-12-5-4-11(19)17(20)18(12)21/h3-7,22H,8-9H2,1-2H3,(H,23,25)(H,24,26). The molecular weight excluding hydrogens is 363 g/mol. The summed E-state index contributed by atoms with van der Waals surface area (Å²) in [6.45, 7) is 1.08. The number of carbonyl (C=O) groups excluding carboxylic acids is 2. The number of aryl methyl sites for hydroxylation is 1. The second-order valence-corrected chi connectivity index (χ2v) is 5.61. The molecule has 0 unspecified atom stereocenters. The lowest BCUT2D eigenvalue weighted by atomic mass is 10.2. The van der Waals surface area contributed by atoms with Crippen LogP contribution in [0.1, 0.15) is 5.56 Å². The molecule has 2 aromatic rings. The number of benzene rings is 2. The van der Waals surface area contributed by atoms with E-state index in [2.05, 4.69) is 16.0 Å². The first-order chi connectivity index (χ1) is 12.8. The number of methoxy groups -OCH3 is 1. The fraction of sp³-hybridized carbons (Fsp3) is 0.222. The number of rotatable bonds is 7. The van der Waals surface area contributed by atoms with Crippen LogP contribution in [0.25, 0.3) is 0 Å². The molecule has 9 heteroatoms. The topological polar surface area (TPSA) is 79.5 Å². The number of hydrogen-bond donors (Lipinski definition) is 3. The molecule has 144 valence electrons. The molecule has 0 atom stereocenters. The molecule has 27 heavy (non-hydrogen) atoms. The van der Waals surface area contributed by atoms with Crippen LogP contribution in [-0.2, 0) is 9.59 Å². The average molecular weight is 381 g/mol. The van der Waals surface area contributed by atoms with Crippen molar-refractivity contribution in [1.29, 1.82) is 0 Å². The van der Waals surface area contributed by atoms with Gasteiger partial charge in [-0.2, -0.15) is 0 Å². The summed E-state index contributed by atoms with van der Waals surface area (Å²) in [5, 5.41) is 7.26. The van der Waals surface area contributed by atoms with E-state index < -0.39 is 35.8 Å². The van der Waals surface area contributed by atoms with E-state index in [1.807, 2.05) is 13.0 Å². The van der Waals surface area contributed by atoms with E-state index in [0.717, 1.165) is 17.7 Å². The van der Waals surface area contributed by atoms with Crippen LogP contribution in [0.4, 0.5) is 24.5 Å². The normalized spacial score (nSPS) is 10.3. The van der Waals surface area contributed by atoms with Gasteiger partial charge in [-0.3, -0.25) is 9.59 Å². The summed E-state index contributed by atoms with van der Waals surface area (Å²) in [7, 11) is 1.46. The Balaban J connectivity index is 1.84. The largest absolute Gasteiger partial charge is 0.495 e. The van der Waals surface area contributed by atoms with E-state index >= 15 is 0 Å². The molecule has 0 aliphatic heterocycles. The van der Waals surface area contributed by atoms with Crippen molar-refractivity contribution in [3.63, 3.8) is 0 Å². The quantitative estimate of drug-likeness (QED) is 0.644. The van der Waals surface area contributed by atoms with Gasteiger partial charge in [0.25, 0.3) is 0 Å². The van der Waals surface area contributed by atoms with E-state index in [-0.39, 0.29) is 12.2 Å². The van der Waals surface area contributed by atoms with E-state index in [4.69, 9.17) is 4.74 Å². The Morgan fingerprint density at radius 3 is 2.41 bits per heavy atom. The highest BCUT2D eigenvalue weighted by Gasteiger charge is 2.14. The molecule has 0 aliphatic carbocycles. The molecule has 0 heterocycles. The molecule has 0 bridgehead atoms. The Kier molecular flexibility index (Phi) is 6.64. The first kappa shape index (κ1) is 20.1. The second kappa shape index (κ2) is 8.93. The van der Waals surface area contributed by atoms with Crippen LogP contribution < -0.4 is 20.7 Å². The van der Waals surface area contributed by atoms with Crippen LogP contribution in [0.3, 0.4) is 0 Å². The van der Waals surface area contributed by atoms with Gasteiger partial charge in [-0.25, -0.2) is 13.2 Å². The molecule has 0 spiro atoms. The van der Waals surface area contributed by atoms with Gasteiger partial charge in [-0.15, -0.1) is 0 Å². The second-order valence-electron chi connectivity index (χ2n) is 5.61. The molecule has 0 saturated carbocycles. The Morgan fingerprint density at radius 1 is 0.963 bits per heavy atom. The van der Waals surface area contributed by atoms with Gasteiger partial charge in [0.15, 0.2) is 17.5 Å². The summed E-state index contributed by atoms with van der Waals surface area (Å²) in [6.07, 6.45) is 0. The van der Waals surface area contributed by atoms with Crippen molar-refractivity contribution in [3.05, 3.63) is 53.3 Å². The minimum Gasteiger partial charge on any atom is -0.495 e. The van der Waals surface area contributed by atoms with Crippen molar-refractivity contribution in [3.8, 4) is 5.75 Å². The minimum atomic E-state index is -1.63. The van der Waals surface area contributed by atoms with E-state index in [9.17, 15) is 22.8 Å². The summed E-state index contributed by atoms with van der Waals surface area (Å²) < 4.78 is 44.6. The molecule has 0 saturated heterocycles. The van der Waals surface area contributed by atoms with Crippen LogP contribution in [0.15, 0.2) is 30.3 Å². The number of halogens is 3. The number of nitrogens with one attached hydrogen (secondary N) is 3. The molecule has 2 amide bonds. The zero-order valence-corrected chi connectivity index (χ0v) is 14.7. The smallest absolute Gasteiger partial charge is 0.243 e. The molecular formula is C18H18F3N3O3. The first-order valence-electron chi connectivity index (χ1n) is 7.90. The fourth-order valence-corrected chi connectivity index (χ4v) is 2.19. The summed E-state index contributed by atoms with van der Waals surface area (Å²) in [5.74, 6) is -5.04. The van der Waals surface area contributed by atoms with Gasteiger partial charge in [-0.05, 0) is 36.8 Å². The lowest BCUT2D eigenvalue weighted by Gasteiger charge is -2.12. The van der Waals surface area contributed by atoms with Gasteiger partial charge in [0, 0.05) is 0 Å². The molecule has 3 N–H and O–H groups in total. The third-order valence-electron chi connectivity index (χ3n) is 3.55. The molecule has 0 aliphatic rings. The maximum atomic E-state index is 13.5. The lowest BCUT2D eigenvalue weighted by Crippen LogP contribution is -2.36. The molecule has 0 aromatic heterocycles. The maximum absolute atomic E-state index is 13.5. The van der Waals surface area contributed by atoms with Crippen LogP contribution in [0, 0.1) is 24.4 Å². The SMILES string of the molecule is COc1ccc(C)cc1NC(=O)CNC(=O)CNc1ccc(F)c(F)c1F. The summed E-state index contributed by atoms with van der Waals surface area (Å²) >= 11 is 0. The molecule has 2 aromatic carbocycles. The van der Waals surface area contributed by atoms with Crippen LogP contribution in [-0.4, -0.2) is 32.0 Å². The summed E-state index contributed by atoms with van der Waals surface area (Å²) in [5.41, 5.74) is 1.00. The number of amides is 2. The van der Waals surface area contributed by atoms with Gasteiger partial charge in [0.2, 0.25) is 11.8 Å². The monoisotopic (exact) mass is 381 g/mol. The number of anilines is 2. The van der Waals surface area contributed by atoms with Crippen LogP contribution in [0.5, 0.6) is 5.75 Å². The summed E-state index contributed by atoms with van der Waals surface area (Å²) in [6, 6.07) is 6.94. The third kappa shape index (κ3) is 5.37. The average Bonchev–Trinajstić information content (AvgIpc) is 2.64. The fourth-order valence-electron chi connectivity index (χ4n) is 2.19. The Hall–Kier alpha value is -3.23. The summed E-state index contributed by atoms with van der Waals surface area (Å²) in [4.78, 5) is 23.7. The van der Waals surface area contributed by atoms with E-state index in [1.54, 1.807) is 12.1 Å². The van der Waals surface area contributed by atoms with Gasteiger partial charge in [0.05, 0.1) is 31.6 Å². The van der Waals surface area contributed by atoms with Crippen molar-refractivity contribution < 1.29 is 27.5 Å². The Labute approximate surface area is 153 Å². The minimum absolute atomic E-state index is 0.335. The predicted octanol–water partition coefficient (Wildman–Crippen LogP) is 2.59. The molecule has 6 nitrogen and oxygen atoms in total. The molecule has 0 radical (unpaired) electrons. The number of ether oxygens (including phenoxy) is 1. The zero-order valence-electron chi connectivity index (χ0n) is 14.7. The van der Waals surface area contributed by atoms with Crippen LogP contribution >= 0.6 is 0 Å². The van der Waals surface area contributed by atoms with Gasteiger partial charge >= 0.3 is 0 Å². The highest BCUT2D eigenvalue weighted by atomic mass is 19.2. The van der Waals surface area contributed by atoms with Crippen molar-refractivity contribution >= 4 is 23.2 Å². The Bertz CT molecular complexity index is 859. The predicted molar refractivity (Wildman–Crippen MR) is 94.2 cm³/mol. The van der Waals surface area contributed by atoms with E-state index in [1.165, 1.54) is 7.11 Å². The van der Waals surface area contributed by atoms with Crippen molar-refractivity contribution in [2.45, 2.75) is 6.92 Å². The molecule has 2 rings (SSSR count). The maximum Gasteiger partial charge on any atom is 0.243 e. The third-order valence-corrected chi connectivity index (χ3v) is 3.55. The van der Waals surface area contributed by atoms with Gasteiger partial charge < -0.3 is 20.7 Å². The molecule has 0 fully saturated rings. The first-order valence-corrected chi connectivity index (χ1v) is 7.90. The van der Waals surface area contributed by atoms with Crippen molar-refractivity contribution in [2.24, 2.45) is 0 Å². The van der Waals surface area contributed by atoms with Crippen molar-refractivity contribution in [1.82, 2.24) is 5.32 Å². The Morgan fingerprint density at radius 2 is 1.70 bits per heavy atom. The lowest BCUT2D eigenvalue weighted by molar-refractivity contribution is -0.122. The van der Waals surface area contributed by atoms with Gasteiger partial charge in [0.1, 0.15) is 5.75 Å². The highest BCUT2D eigenvalue weighted by molar-refractivity contribution is 5.96. The van der Waals surface area contributed by atoms with Gasteiger partial charge in [-0.1, -0.05) is 6.07 Å². The van der Waals surface area contributed by atoms with Crippen LogP contribution in [0.2, 0.25) is 0 Å². The highest BCUT2D eigenvalue weighted by Crippen LogP contribution is 2.25. The number of hydrogen-bond acceptors (Lipinski definition) is 4. The van der Waals surface area contributed by atoms with E-state index in [0.29, 0.717) is 11.4 Å². The van der Waals surface area contributed by atoms with Crippen molar-refractivity contribution in [2.75, 3.05) is 30.8 Å².